The summed E-state index contributed by atoms with van der Waals surface area (Å²) >= 11 is 0. The largest absolute Gasteiger partial charge is 0.341 e. The van der Waals surface area contributed by atoms with Gasteiger partial charge in [0, 0.05) is 18.8 Å². The lowest BCUT2D eigenvalue weighted by Crippen LogP contribution is -2.40. The minimum atomic E-state index is -0.383. The molecule has 7 heteroatoms. The van der Waals surface area contributed by atoms with Crippen molar-refractivity contribution in [3.8, 4) is 11.5 Å². The van der Waals surface area contributed by atoms with Gasteiger partial charge >= 0.3 is 6.03 Å². The smallest absolute Gasteiger partial charge is 0.318 e. The van der Waals surface area contributed by atoms with Gasteiger partial charge in [-0.05, 0) is 48.4 Å². The Morgan fingerprint density at radius 3 is 2.53 bits per heavy atom. The van der Waals surface area contributed by atoms with Crippen LogP contribution in [0.4, 0.5) is 9.18 Å². The molecule has 2 aromatic carbocycles. The zero-order valence-corrected chi connectivity index (χ0v) is 18.0. The van der Waals surface area contributed by atoms with E-state index in [1.165, 1.54) is 12.1 Å². The Morgan fingerprint density at radius 2 is 1.84 bits per heavy atom. The third kappa shape index (κ3) is 3.17. The molecule has 1 N–H and O–H groups in total. The summed E-state index contributed by atoms with van der Waals surface area (Å²) in [5, 5.41) is 7.70. The molecule has 5 rings (SSSR count). The predicted molar refractivity (Wildman–Crippen MR) is 121 cm³/mol. The first-order valence-corrected chi connectivity index (χ1v) is 10.7. The molecule has 0 aliphatic carbocycles. The standard InChI is InChI=1S/C25H24FN5O/c1-3-21-20-16-30(25(32)27-2)23(17-11-13-18(26)14-12-17)22-10-7-15-29(22)24(20)31(28-21)19-8-5-4-6-9-19/h4-15,23H,3,16H2,1-2H3,(H,27,32). The highest BCUT2D eigenvalue weighted by Gasteiger charge is 2.35. The molecular weight excluding hydrogens is 405 g/mol. The first-order chi connectivity index (χ1) is 15.6. The van der Waals surface area contributed by atoms with Gasteiger partial charge in [0.15, 0.2) is 0 Å². The van der Waals surface area contributed by atoms with Gasteiger partial charge in [-0.2, -0.15) is 5.10 Å². The van der Waals surface area contributed by atoms with E-state index in [4.69, 9.17) is 5.10 Å². The number of benzene rings is 2. The van der Waals surface area contributed by atoms with Crippen molar-refractivity contribution in [1.82, 2.24) is 24.6 Å². The third-order valence-corrected chi connectivity index (χ3v) is 5.96. The fourth-order valence-electron chi connectivity index (χ4n) is 4.49. The van der Waals surface area contributed by atoms with Crippen LogP contribution in [-0.4, -0.2) is 32.3 Å². The Kier molecular flexibility index (Phi) is 5.01. The molecule has 1 aliphatic heterocycles. The highest BCUT2D eigenvalue weighted by atomic mass is 19.1. The molecule has 32 heavy (non-hydrogen) atoms. The van der Waals surface area contributed by atoms with Crippen molar-refractivity contribution in [1.29, 1.82) is 0 Å². The summed E-state index contributed by atoms with van der Waals surface area (Å²) < 4.78 is 17.7. The third-order valence-electron chi connectivity index (χ3n) is 5.96. The second-order valence-electron chi connectivity index (χ2n) is 7.79. The summed E-state index contributed by atoms with van der Waals surface area (Å²) in [5.74, 6) is 0.618. The normalized spacial score (nSPS) is 15.1. The molecule has 1 aliphatic rings. The van der Waals surface area contributed by atoms with Gasteiger partial charge in [-0.15, -0.1) is 0 Å². The number of hydrogen-bond acceptors (Lipinski definition) is 2. The van der Waals surface area contributed by atoms with Crippen LogP contribution in [0.1, 0.15) is 35.5 Å². The van der Waals surface area contributed by atoms with E-state index in [1.54, 1.807) is 24.1 Å². The molecule has 162 valence electrons. The van der Waals surface area contributed by atoms with Gasteiger partial charge in [-0.1, -0.05) is 37.3 Å². The van der Waals surface area contributed by atoms with Gasteiger partial charge in [-0.3, -0.25) is 0 Å². The van der Waals surface area contributed by atoms with Crippen LogP contribution in [0.25, 0.3) is 11.5 Å². The fourth-order valence-corrected chi connectivity index (χ4v) is 4.49. The minimum Gasteiger partial charge on any atom is -0.341 e. The number of carbonyl (C=O) groups excluding carboxylic acids is 1. The molecule has 0 bridgehead atoms. The minimum absolute atomic E-state index is 0.200. The molecule has 2 aromatic heterocycles. The molecule has 1 unspecified atom stereocenters. The van der Waals surface area contributed by atoms with Crippen molar-refractivity contribution < 1.29 is 9.18 Å². The second-order valence-corrected chi connectivity index (χ2v) is 7.79. The van der Waals surface area contributed by atoms with Gasteiger partial charge in [0.25, 0.3) is 0 Å². The van der Waals surface area contributed by atoms with Gasteiger partial charge in [0.05, 0.1) is 29.7 Å². The van der Waals surface area contributed by atoms with Crippen LogP contribution in [0.2, 0.25) is 0 Å². The predicted octanol–water partition coefficient (Wildman–Crippen LogP) is 4.61. The average molecular weight is 429 g/mol. The summed E-state index contributed by atoms with van der Waals surface area (Å²) in [5.41, 5.74) is 4.66. The highest BCUT2D eigenvalue weighted by Crippen LogP contribution is 2.38. The van der Waals surface area contributed by atoms with Gasteiger partial charge in [0.1, 0.15) is 11.6 Å². The zero-order valence-electron chi connectivity index (χ0n) is 18.0. The van der Waals surface area contributed by atoms with Crippen LogP contribution in [0, 0.1) is 5.82 Å². The lowest BCUT2D eigenvalue weighted by atomic mass is 10.0. The van der Waals surface area contributed by atoms with Crippen LogP contribution < -0.4 is 5.32 Å². The summed E-state index contributed by atoms with van der Waals surface area (Å²) in [6.45, 7) is 2.45. The molecule has 1 atom stereocenters. The van der Waals surface area contributed by atoms with Crippen LogP contribution in [0.3, 0.4) is 0 Å². The van der Waals surface area contributed by atoms with Crippen molar-refractivity contribution >= 4 is 6.03 Å². The highest BCUT2D eigenvalue weighted by molar-refractivity contribution is 5.75. The Bertz CT molecular complexity index is 1260. The molecule has 0 saturated heterocycles. The number of nitrogens with one attached hydrogen (secondary N) is 1. The number of hydrogen-bond donors (Lipinski definition) is 1. The summed E-state index contributed by atoms with van der Waals surface area (Å²) in [6, 6.07) is 19.7. The quantitative estimate of drug-likeness (QED) is 0.517. The Labute approximate surface area is 185 Å². The maximum Gasteiger partial charge on any atom is 0.318 e. The lowest BCUT2D eigenvalue weighted by Gasteiger charge is -2.30. The molecule has 0 fully saturated rings. The van der Waals surface area contributed by atoms with Crippen LogP contribution in [-0.2, 0) is 13.0 Å². The van der Waals surface area contributed by atoms with Crippen molar-refractivity contribution in [2.75, 3.05) is 7.05 Å². The number of aromatic nitrogens is 3. The van der Waals surface area contributed by atoms with Crippen molar-refractivity contribution in [3.63, 3.8) is 0 Å². The Balaban J connectivity index is 1.78. The van der Waals surface area contributed by atoms with Crippen LogP contribution in [0.15, 0.2) is 72.9 Å². The van der Waals surface area contributed by atoms with E-state index in [9.17, 15) is 9.18 Å². The summed E-state index contributed by atoms with van der Waals surface area (Å²) in [7, 11) is 1.63. The first-order valence-electron chi connectivity index (χ1n) is 10.7. The second kappa shape index (κ2) is 8.00. The molecule has 4 aromatic rings. The maximum atomic E-state index is 13.7. The summed E-state index contributed by atoms with van der Waals surface area (Å²) in [6.07, 6.45) is 2.74. The SMILES string of the molecule is CCc1nn(-c2ccccc2)c2c1CN(C(=O)NC)C(c1ccc(F)cc1)c1cccn1-2. The van der Waals surface area contributed by atoms with Crippen molar-refractivity contribution in [3.05, 3.63) is 101 Å². The monoisotopic (exact) mass is 429 g/mol. The number of amides is 2. The molecular formula is C25H24FN5O. The topological polar surface area (TPSA) is 55.1 Å². The summed E-state index contributed by atoms with van der Waals surface area (Å²) in [4.78, 5) is 14.9. The van der Waals surface area contributed by atoms with E-state index in [1.807, 2.05) is 53.3 Å². The van der Waals surface area contributed by atoms with Gasteiger partial charge in [0.2, 0.25) is 0 Å². The van der Waals surface area contributed by atoms with E-state index in [0.29, 0.717) is 6.54 Å². The van der Waals surface area contributed by atoms with E-state index in [-0.39, 0.29) is 17.9 Å². The first kappa shape index (κ1) is 20.1. The molecule has 6 nitrogen and oxygen atoms in total. The average Bonchev–Trinajstić information content (AvgIpc) is 3.41. The number of nitrogens with zero attached hydrogens (tertiary/aromatic N) is 4. The van der Waals surface area contributed by atoms with E-state index in [0.717, 1.165) is 40.4 Å². The zero-order chi connectivity index (χ0) is 22.2. The number of aryl methyl sites for hydroxylation is 1. The number of para-hydroxylation sites is 1. The lowest BCUT2D eigenvalue weighted by molar-refractivity contribution is 0.182. The molecule has 2 amide bonds. The van der Waals surface area contributed by atoms with Gasteiger partial charge < -0.3 is 14.8 Å². The molecule has 0 spiro atoms. The van der Waals surface area contributed by atoms with Gasteiger partial charge in [-0.25, -0.2) is 13.9 Å². The van der Waals surface area contributed by atoms with Crippen LogP contribution >= 0.6 is 0 Å². The van der Waals surface area contributed by atoms with Crippen LogP contribution in [0.5, 0.6) is 0 Å². The van der Waals surface area contributed by atoms with E-state index < -0.39 is 0 Å². The molecule has 3 heterocycles. The van der Waals surface area contributed by atoms with Crippen molar-refractivity contribution in [2.45, 2.75) is 25.9 Å². The number of halogens is 1. The molecule has 0 saturated carbocycles. The van der Waals surface area contributed by atoms with E-state index >= 15 is 0 Å². The Morgan fingerprint density at radius 1 is 1.09 bits per heavy atom. The number of rotatable bonds is 3. The number of fused-ring (bicyclic) bond motifs is 3. The fraction of sp³-hybridized carbons (Fsp3) is 0.200. The molecule has 0 radical (unpaired) electrons. The Hall–Kier alpha value is -3.87. The number of carbonyl (C=O) groups is 1. The number of urea groups is 1. The van der Waals surface area contributed by atoms with E-state index in [2.05, 4.69) is 16.8 Å². The van der Waals surface area contributed by atoms with Crippen molar-refractivity contribution in [2.24, 2.45) is 0 Å². The maximum absolute atomic E-state index is 13.7.